The predicted octanol–water partition coefficient (Wildman–Crippen LogP) is 0.688. The van der Waals surface area contributed by atoms with Crippen molar-refractivity contribution in [1.82, 2.24) is 10.2 Å². The molecule has 1 aliphatic carbocycles. The average Bonchev–Trinajstić information content (AvgIpc) is 2.94. The van der Waals surface area contributed by atoms with E-state index in [0.717, 1.165) is 12.8 Å². The van der Waals surface area contributed by atoms with Gasteiger partial charge in [0, 0.05) is 18.2 Å². The molecule has 1 aromatic heterocycles. The molecule has 6 nitrogen and oxygen atoms in total. The number of carboxylic acids is 1. The van der Waals surface area contributed by atoms with Crippen molar-refractivity contribution in [2.45, 2.75) is 25.4 Å². The van der Waals surface area contributed by atoms with Crippen molar-refractivity contribution in [2.75, 3.05) is 13.6 Å². The van der Waals surface area contributed by atoms with Crippen molar-refractivity contribution < 1.29 is 19.1 Å². The summed E-state index contributed by atoms with van der Waals surface area (Å²) in [6, 6.07) is 1.95. The number of rotatable bonds is 6. The Morgan fingerprint density at radius 1 is 1.56 bits per heavy atom. The topological polar surface area (TPSA) is 82.8 Å². The molecule has 0 unspecified atom stereocenters. The van der Waals surface area contributed by atoms with Crippen molar-refractivity contribution in [3.8, 4) is 0 Å². The van der Waals surface area contributed by atoms with E-state index in [1.54, 1.807) is 18.0 Å². The Kier molecular flexibility index (Phi) is 3.66. The van der Waals surface area contributed by atoms with Crippen LogP contribution in [0.15, 0.2) is 16.7 Å². The van der Waals surface area contributed by atoms with Crippen LogP contribution in [-0.2, 0) is 11.3 Å². The van der Waals surface area contributed by atoms with Gasteiger partial charge in [0.2, 0.25) is 11.7 Å². The molecule has 6 heteroatoms. The molecule has 0 saturated heterocycles. The van der Waals surface area contributed by atoms with Crippen LogP contribution < -0.4 is 5.32 Å². The summed E-state index contributed by atoms with van der Waals surface area (Å²) in [6.07, 6.45) is 3.46. The summed E-state index contributed by atoms with van der Waals surface area (Å²) in [7, 11) is 1.77. The van der Waals surface area contributed by atoms with E-state index in [4.69, 9.17) is 9.52 Å². The highest BCUT2D eigenvalue weighted by Gasteiger charge is 2.24. The van der Waals surface area contributed by atoms with E-state index in [1.165, 1.54) is 6.26 Å². The van der Waals surface area contributed by atoms with Gasteiger partial charge in [-0.05, 0) is 26.0 Å². The monoisotopic (exact) mass is 252 g/mol. The Bertz CT molecular complexity index is 451. The van der Waals surface area contributed by atoms with Crippen LogP contribution in [0.5, 0.6) is 0 Å². The SMILES string of the molecule is CN(CC(=O)NC1CC1)Cc1ccoc1C(=O)O. The van der Waals surface area contributed by atoms with E-state index in [2.05, 4.69) is 5.32 Å². The number of carboxylic acid groups (broad SMARTS) is 1. The summed E-state index contributed by atoms with van der Waals surface area (Å²) < 4.78 is 4.88. The quantitative estimate of drug-likeness (QED) is 0.778. The number of carbonyl (C=O) groups excluding carboxylic acids is 1. The lowest BCUT2D eigenvalue weighted by Gasteiger charge is -2.15. The van der Waals surface area contributed by atoms with Gasteiger partial charge in [-0.3, -0.25) is 9.69 Å². The van der Waals surface area contributed by atoms with E-state index < -0.39 is 5.97 Å². The maximum Gasteiger partial charge on any atom is 0.372 e. The van der Waals surface area contributed by atoms with Crippen LogP contribution in [0.3, 0.4) is 0 Å². The van der Waals surface area contributed by atoms with Crippen molar-refractivity contribution >= 4 is 11.9 Å². The third-order valence-corrected chi connectivity index (χ3v) is 2.74. The maximum absolute atomic E-state index is 11.6. The minimum Gasteiger partial charge on any atom is -0.475 e. The second-order valence-corrected chi connectivity index (χ2v) is 4.59. The van der Waals surface area contributed by atoms with Gasteiger partial charge >= 0.3 is 5.97 Å². The Hall–Kier alpha value is -1.82. The number of nitrogens with zero attached hydrogens (tertiary/aromatic N) is 1. The Balaban J connectivity index is 1.85. The zero-order valence-electron chi connectivity index (χ0n) is 10.2. The highest BCUT2D eigenvalue weighted by atomic mass is 16.4. The van der Waals surface area contributed by atoms with Gasteiger partial charge in [-0.15, -0.1) is 0 Å². The number of hydrogen-bond acceptors (Lipinski definition) is 4. The summed E-state index contributed by atoms with van der Waals surface area (Å²) in [5.41, 5.74) is 0.573. The highest BCUT2D eigenvalue weighted by molar-refractivity contribution is 5.86. The van der Waals surface area contributed by atoms with Crippen LogP contribution in [0.4, 0.5) is 0 Å². The van der Waals surface area contributed by atoms with E-state index in [-0.39, 0.29) is 18.2 Å². The molecule has 0 spiro atoms. The van der Waals surface area contributed by atoms with Gasteiger partial charge in [0.1, 0.15) is 0 Å². The smallest absolute Gasteiger partial charge is 0.372 e. The normalized spacial score (nSPS) is 14.8. The lowest BCUT2D eigenvalue weighted by atomic mass is 10.2. The van der Waals surface area contributed by atoms with Crippen molar-refractivity contribution in [3.63, 3.8) is 0 Å². The lowest BCUT2D eigenvalue weighted by molar-refractivity contribution is -0.122. The summed E-state index contributed by atoms with van der Waals surface area (Å²) >= 11 is 0. The van der Waals surface area contributed by atoms with E-state index >= 15 is 0 Å². The van der Waals surface area contributed by atoms with E-state index in [1.807, 2.05) is 0 Å². The molecule has 2 N–H and O–H groups in total. The first-order valence-electron chi connectivity index (χ1n) is 5.84. The van der Waals surface area contributed by atoms with Gasteiger partial charge < -0.3 is 14.8 Å². The standard InChI is InChI=1S/C12H16N2O4/c1-14(7-10(15)13-9-2-3-9)6-8-4-5-18-11(8)12(16)17/h4-5,9H,2-3,6-7H2,1H3,(H,13,15)(H,16,17). The molecule has 0 bridgehead atoms. The largest absolute Gasteiger partial charge is 0.475 e. The molecule has 18 heavy (non-hydrogen) atoms. The summed E-state index contributed by atoms with van der Waals surface area (Å²) in [4.78, 5) is 24.2. The predicted molar refractivity (Wildman–Crippen MR) is 63.2 cm³/mol. The van der Waals surface area contributed by atoms with Gasteiger partial charge in [-0.1, -0.05) is 0 Å². The minimum absolute atomic E-state index is 0.0274. The van der Waals surface area contributed by atoms with Gasteiger partial charge in [0.15, 0.2) is 0 Å². The molecular formula is C12H16N2O4. The van der Waals surface area contributed by atoms with Crippen LogP contribution in [-0.4, -0.2) is 41.5 Å². The molecule has 1 aliphatic rings. The fourth-order valence-electron chi connectivity index (χ4n) is 1.74. The number of likely N-dealkylation sites (N-methyl/N-ethyl adjacent to an activating group) is 1. The van der Waals surface area contributed by atoms with Crippen LogP contribution in [0, 0.1) is 0 Å². The first kappa shape index (κ1) is 12.6. The number of hydrogen-bond donors (Lipinski definition) is 2. The first-order chi connectivity index (χ1) is 8.56. The number of furan rings is 1. The molecule has 1 saturated carbocycles. The second-order valence-electron chi connectivity index (χ2n) is 4.59. The molecule has 0 aliphatic heterocycles. The molecule has 1 aromatic rings. The molecule has 0 aromatic carbocycles. The zero-order valence-corrected chi connectivity index (χ0v) is 10.2. The number of amides is 1. The van der Waals surface area contributed by atoms with Gasteiger partial charge in [-0.25, -0.2) is 4.79 Å². The molecule has 0 atom stereocenters. The minimum atomic E-state index is -1.09. The van der Waals surface area contributed by atoms with E-state index in [0.29, 0.717) is 18.2 Å². The number of nitrogens with one attached hydrogen (secondary N) is 1. The third-order valence-electron chi connectivity index (χ3n) is 2.74. The molecule has 1 amide bonds. The number of carbonyl (C=O) groups is 2. The Morgan fingerprint density at radius 3 is 2.89 bits per heavy atom. The molecule has 1 fully saturated rings. The molecule has 2 rings (SSSR count). The zero-order chi connectivity index (χ0) is 13.1. The van der Waals surface area contributed by atoms with Crippen LogP contribution in [0.25, 0.3) is 0 Å². The van der Waals surface area contributed by atoms with Crippen LogP contribution in [0.2, 0.25) is 0 Å². The molecular weight excluding hydrogens is 236 g/mol. The maximum atomic E-state index is 11.6. The number of aromatic carboxylic acids is 1. The van der Waals surface area contributed by atoms with Gasteiger partial charge in [-0.2, -0.15) is 0 Å². The van der Waals surface area contributed by atoms with E-state index in [9.17, 15) is 9.59 Å². The van der Waals surface area contributed by atoms with Crippen LogP contribution in [0.1, 0.15) is 29.0 Å². The fourth-order valence-corrected chi connectivity index (χ4v) is 1.74. The van der Waals surface area contributed by atoms with Crippen molar-refractivity contribution in [1.29, 1.82) is 0 Å². The Morgan fingerprint density at radius 2 is 2.28 bits per heavy atom. The fraction of sp³-hybridized carbons (Fsp3) is 0.500. The summed E-state index contributed by atoms with van der Waals surface area (Å²) in [5.74, 6) is -1.18. The first-order valence-corrected chi connectivity index (χ1v) is 5.84. The van der Waals surface area contributed by atoms with Crippen LogP contribution >= 0.6 is 0 Å². The van der Waals surface area contributed by atoms with Gasteiger partial charge in [0.05, 0.1) is 12.8 Å². The van der Waals surface area contributed by atoms with Crippen molar-refractivity contribution in [3.05, 3.63) is 23.7 Å². The summed E-state index contributed by atoms with van der Waals surface area (Å²) in [6.45, 7) is 0.622. The second kappa shape index (κ2) is 5.22. The van der Waals surface area contributed by atoms with Crippen molar-refractivity contribution in [2.24, 2.45) is 0 Å². The Labute approximate surface area is 105 Å². The highest BCUT2D eigenvalue weighted by Crippen LogP contribution is 2.18. The molecule has 0 radical (unpaired) electrons. The summed E-state index contributed by atoms with van der Waals surface area (Å²) in [5, 5.41) is 11.8. The lowest BCUT2D eigenvalue weighted by Crippen LogP contribution is -2.36. The molecule has 1 heterocycles. The third kappa shape index (κ3) is 3.33. The average molecular weight is 252 g/mol. The molecule has 98 valence electrons. The van der Waals surface area contributed by atoms with Gasteiger partial charge in [0.25, 0.3) is 0 Å².